The van der Waals surface area contributed by atoms with E-state index in [1.165, 1.54) is 24.8 Å². The second kappa shape index (κ2) is 6.06. The highest BCUT2D eigenvalue weighted by atomic mass is 35.5. The second-order valence-electron chi connectivity index (χ2n) is 3.28. The number of hydrogen-bond acceptors (Lipinski definition) is 2. The Bertz CT molecular complexity index is 429. The van der Waals surface area contributed by atoms with Crippen LogP contribution in [-0.2, 0) is 4.79 Å². The van der Waals surface area contributed by atoms with E-state index in [-0.39, 0.29) is 10.9 Å². The zero-order valence-electron chi connectivity index (χ0n) is 9.09. The Morgan fingerprint density at radius 1 is 1.56 bits per heavy atom. The second-order valence-corrected chi connectivity index (χ2v) is 4.86. The van der Waals surface area contributed by atoms with E-state index >= 15 is 0 Å². The van der Waals surface area contributed by atoms with Crippen LogP contribution < -0.4 is 0 Å². The van der Waals surface area contributed by atoms with E-state index < -0.39 is 0 Å². The first-order chi connectivity index (χ1) is 7.52. The highest BCUT2D eigenvalue weighted by Crippen LogP contribution is 2.24. The van der Waals surface area contributed by atoms with Crippen LogP contribution in [0.1, 0.15) is 18.1 Å². The lowest BCUT2D eigenvalue weighted by Gasteiger charge is -2.03. The molecule has 16 heavy (non-hydrogen) atoms. The molecule has 86 valence electrons. The summed E-state index contributed by atoms with van der Waals surface area (Å²) >= 11 is 7.20. The molecule has 0 aliphatic rings. The standard InChI is InChI=1S/C12H12ClFOS/c1-8-11(14)6-5-10(12(8)13)4-3-7-16-9(2)15/h3-6H,7H2,1-2H3. The fourth-order valence-electron chi connectivity index (χ4n) is 1.15. The lowest BCUT2D eigenvalue weighted by molar-refractivity contribution is -0.109. The molecule has 0 saturated carbocycles. The Labute approximate surface area is 104 Å². The number of thioether (sulfide) groups is 1. The molecule has 0 radical (unpaired) electrons. The molecule has 1 aromatic carbocycles. The summed E-state index contributed by atoms with van der Waals surface area (Å²) in [6, 6.07) is 3.01. The Kier molecular flexibility index (Phi) is 5.03. The monoisotopic (exact) mass is 258 g/mol. The van der Waals surface area contributed by atoms with Gasteiger partial charge in [-0.3, -0.25) is 4.79 Å². The zero-order valence-corrected chi connectivity index (χ0v) is 10.7. The van der Waals surface area contributed by atoms with E-state index in [4.69, 9.17) is 11.6 Å². The highest BCUT2D eigenvalue weighted by molar-refractivity contribution is 8.13. The van der Waals surface area contributed by atoms with Crippen molar-refractivity contribution in [2.24, 2.45) is 0 Å². The molecular formula is C12H12ClFOS. The van der Waals surface area contributed by atoms with Gasteiger partial charge in [0, 0.05) is 18.2 Å². The van der Waals surface area contributed by atoms with E-state index in [0.717, 1.165) is 5.56 Å². The van der Waals surface area contributed by atoms with Gasteiger partial charge in [0.25, 0.3) is 0 Å². The normalized spacial score (nSPS) is 11.0. The third kappa shape index (κ3) is 3.65. The molecule has 0 aliphatic heterocycles. The van der Waals surface area contributed by atoms with Gasteiger partial charge in [0.05, 0.1) is 5.02 Å². The maximum atomic E-state index is 13.1. The van der Waals surface area contributed by atoms with Crippen molar-refractivity contribution in [1.82, 2.24) is 0 Å². The molecule has 1 rings (SSSR count). The summed E-state index contributed by atoms with van der Waals surface area (Å²) in [5.41, 5.74) is 1.22. The minimum Gasteiger partial charge on any atom is -0.288 e. The maximum absolute atomic E-state index is 13.1. The zero-order chi connectivity index (χ0) is 12.1. The van der Waals surface area contributed by atoms with Crippen LogP contribution in [-0.4, -0.2) is 10.9 Å². The van der Waals surface area contributed by atoms with Crippen molar-refractivity contribution in [3.63, 3.8) is 0 Å². The van der Waals surface area contributed by atoms with Crippen LogP contribution >= 0.6 is 23.4 Å². The van der Waals surface area contributed by atoms with E-state index in [1.54, 1.807) is 19.1 Å². The highest BCUT2D eigenvalue weighted by Gasteiger charge is 2.05. The molecule has 0 aliphatic carbocycles. The van der Waals surface area contributed by atoms with Gasteiger partial charge in [-0.2, -0.15) is 0 Å². The molecular weight excluding hydrogens is 247 g/mol. The molecule has 0 fully saturated rings. The van der Waals surface area contributed by atoms with Crippen molar-refractivity contribution in [2.75, 3.05) is 5.75 Å². The molecule has 0 heterocycles. The summed E-state index contributed by atoms with van der Waals surface area (Å²) in [6.07, 6.45) is 3.63. The van der Waals surface area contributed by atoms with Gasteiger partial charge in [0.2, 0.25) is 0 Å². The minimum absolute atomic E-state index is 0.0750. The molecule has 0 amide bonds. The lowest BCUT2D eigenvalue weighted by Crippen LogP contribution is -1.87. The summed E-state index contributed by atoms with van der Waals surface area (Å²) < 4.78 is 13.1. The molecule has 0 aromatic heterocycles. The van der Waals surface area contributed by atoms with Gasteiger partial charge < -0.3 is 0 Å². The van der Waals surface area contributed by atoms with Gasteiger partial charge in [-0.15, -0.1) is 0 Å². The Hall–Kier alpha value is -0.800. The largest absolute Gasteiger partial charge is 0.288 e. The number of rotatable bonds is 3. The predicted octanol–water partition coefficient (Wildman–Crippen LogP) is 4.08. The summed E-state index contributed by atoms with van der Waals surface area (Å²) in [6.45, 7) is 3.16. The first-order valence-electron chi connectivity index (χ1n) is 4.77. The van der Waals surface area contributed by atoms with Gasteiger partial charge in [0.1, 0.15) is 5.82 Å². The lowest BCUT2D eigenvalue weighted by atomic mass is 10.1. The van der Waals surface area contributed by atoms with Crippen LogP contribution in [0.2, 0.25) is 5.02 Å². The van der Waals surface area contributed by atoms with Crippen molar-refractivity contribution < 1.29 is 9.18 Å². The van der Waals surface area contributed by atoms with E-state index in [0.29, 0.717) is 16.3 Å². The first-order valence-corrected chi connectivity index (χ1v) is 6.13. The Balaban J connectivity index is 2.74. The SMILES string of the molecule is CC(=O)SCC=Cc1ccc(F)c(C)c1Cl. The van der Waals surface area contributed by atoms with Crippen molar-refractivity contribution in [3.05, 3.63) is 40.2 Å². The number of carbonyl (C=O) groups is 1. The quantitative estimate of drug-likeness (QED) is 0.813. The molecule has 0 bridgehead atoms. The van der Waals surface area contributed by atoms with Gasteiger partial charge in [-0.25, -0.2) is 4.39 Å². The summed E-state index contributed by atoms with van der Waals surface area (Å²) in [5.74, 6) is 0.294. The van der Waals surface area contributed by atoms with Crippen LogP contribution in [0.4, 0.5) is 4.39 Å². The van der Waals surface area contributed by atoms with Gasteiger partial charge in [0.15, 0.2) is 5.12 Å². The average Bonchev–Trinajstić information content (AvgIpc) is 2.23. The molecule has 4 heteroatoms. The van der Waals surface area contributed by atoms with Gasteiger partial charge in [-0.05, 0) is 18.6 Å². The van der Waals surface area contributed by atoms with Crippen LogP contribution in [0.15, 0.2) is 18.2 Å². The van der Waals surface area contributed by atoms with Crippen molar-refractivity contribution in [1.29, 1.82) is 0 Å². The Morgan fingerprint density at radius 2 is 2.25 bits per heavy atom. The van der Waals surface area contributed by atoms with Crippen LogP contribution in [0.3, 0.4) is 0 Å². The number of carbonyl (C=O) groups excluding carboxylic acids is 1. The number of hydrogen-bond donors (Lipinski definition) is 0. The van der Waals surface area contributed by atoms with Crippen LogP contribution in [0, 0.1) is 12.7 Å². The van der Waals surface area contributed by atoms with E-state index in [1.807, 2.05) is 6.08 Å². The topological polar surface area (TPSA) is 17.1 Å². The van der Waals surface area contributed by atoms with Crippen molar-refractivity contribution >= 4 is 34.6 Å². The third-order valence-electron chi connectivity index (χ3n) is 2.03. The molecule has 1 nitrogen and oxygen atoms in total. The van der Waals surface area contributed by atoms with Gasteiger partial charge in [-0.1, -0.05) is 41.6 Å². The minimum atomic E-state index is -0.305. The average molecular weight is 259 g/mol. The van der Waals surface area contributed by atoms with Crippen LogP contribution in [0.25, 0.3) is 6.08 Å². The molecule has 0 atom stereocenters. The maximum Gasteiger partial charge on any atom is 0.186 e. The molecule has 1 aromatic rings. The first kappa shape index (κ1) is 13.3. The molecule has 0 N–H and O–H groups in total. The summed E-state index contributed by atoms with van der Waals surface area (Å²) in [4.78, 5) is 10.7. The fourth-order valence-corrected chi connectivity index (χ4v) is 1.80. The van der Waals surface area contributed by atoms with Crippen molar-refractivity contribution in [2.45, 2.75) is 13.8 Å². The predicted molar refractivity (Wildman–Crippen MR) is 68.3 cm³/mol. The van der Waals surface area contributed by atoms with Crippen LogP contribution in [0.5, 0.6) is 0 Å². The third-order valence-corrected chi connectivity index (χ3v) is 3.30. The Morgan fingerprint density at radius 3 is 2.88 bits per heavy atom. The smallest absolute Gasteiger partial charge is 0.186 e. The molecule has 0 spiro atoms. The number of halogens is 2. The van der Waals surface area contributed by atoms with E-state index in [2.05, 4.69) is 0 Å². The van der Waals surface area contributed by atoms with E-state index in [9.17, 15) is 9.18 Å². The number of benzene rings is 1. The van der Waals surface area contributed by atoms with Crippen molar-refractivity contribution in [3.8, 4) is 0 Å². The fraction of sp³-hybridized carbons (Fsp3) is 0.250. The summed E-state index contributed by atoms with van der Waals surface area (Å²) in [7, 11) is 0. The summed E-state index contributed by atoms with van der Waals surface area (Å²) in [5, 5.41) is 0.495. The van der Waals surface area contributed by atoms with Gasteiger partial charge >= 0.3 is 0 Å². The molecule has 0 unspecified atom stereocenters. The molecule has 0 saturated heterocycles.